The van der Waals surface area contributed by atoms with Crippen LogP contribution in [0.2, 0.25) is 0 Å². The van der Waals surface area contributed by atoms with Crippen molar-refractivity contribution in [1.29, 1.82) is 0 Å². The molecule has 4 nitrogen and oxygen atoms in total. The van der Waals surface area contributed by atoms with E-state index in [4.69, 9.17) is 5.73 Å². The van der Waals surface area contributed by atoms with Gasteiger partial charge in [0.15, 0.2) is 0 Å². The van der Waals surface area contributed by atoms with Crippen LogP contribution in [0.5, 0.6) is 0 Å². The van der Waals surface area contributed by atoms with Crippen molar-refractivity contribution in [2.45, 2.75) is 6.92 Å². The molecule has 1 aromatic carbocycles. The number of nitrogens with one attached hydrogen (secondary N) is 2. The molecule has 0 spiro atoms. The van der Waals surface area contributed by atoms with Crippen molar-refractivity contribution < 1.29 is 0 Å². The van der Waals surface area contributed by atoms with E-state index in [-0.39, 0.29) is 0 Å². The lowest BCUT2D eigenvalue weighted by molar-refractivity contribution is 0.958. The maximum absolute atomic E-state index is 5.85. The summed E-state index contributed by atoms with van der Waals surface area (Å²) in [5, 5.41) is 1.01. The number of fused-ring (bicyclic) bond motifs is 1. The van der Waals surface area contributed by atoms with Gasteiger partial charge in [0, 0.05) is 11.9 Å². The molecule has 0 aliphatic heterocycles. The lowest BCUT2D eigenvalue weighted by Gasteiger charge is -2.11. The molecule has 1 aromatic heterocycles. The number of hydrogen-bond acceptors (Lipinski definition) is 4. The number of nitrogens with zero attached hydrogens (tertiary/aromatic N) is 1. The molecule has 2 rings (SSSR count). The fraction of sp³-hybridized carbons (Fsp3) is 0.0909. The van der Waals surface area contributed by atoms with Gasteiger partial charge in [-0.05, 0) is 13.0 Å². The minimum atomic E-state index is 0.628. The first-order chi connectivity index (χ1) is 7.33. The van der Waals surface area contributed by atoms with Gasteiger partial charge in [0.25, 0.3) is 0 Å². The molecule has 0 fully saturated rings. The number of pyridine rings is 1. The highest BCUT2D eigenvalue weighted by Crippen LogP contribution is 2.26. The van der Waals surface area contributed by atoms with Crippen LogP contribution in [0.4, 0.5) is 11.4 Å². The van der Waals surface area contributed by atoms with Gasteiger partial charge in [-0.3, -0.25) is 4.98 Å². The second-order valence-electron chi connectivity index (χ2n) is 3.16. The highest BCUT2D eigenvalue weighted by molar-refractivity contribution is 5.96. The van der Waals surface area contributed by atoms with Gasteiger partial charge in [-0.1, -0.05) is 18.2 Å². The Bertz CT molecular complexity index is 467. The fourth-order valence-electron chi connectivity index (χ4n) is 1.44. The third kappa shape index (κ3) is 1.85. The van der Waals surface area contributed by atoms with Crippen molar-refractivity contribution in [2.24, 2.45) is 0 Å². The normalized spacial score (nSPS) is 10.5. The molecule has 0 saturated carbocycles. The first-order valence-corrected chi connectivity index (χ1v) is 4.75. The average molecular weight is 201 g/mol. The van der Waals surface area contributed by atoms with Gasteiger partial charge in [0.1, 0.15) is 0 Å². The Morgan fingerprint density at radius 2 is 2.13 bits per heavy atom. The second-order valence-corrected chi connectivity index (χ2v) is 3.16. The van der Waals surface area contributed by atoms with Gasteiger partial charge in [0.2, 0.25) is 0 Å². The molecule has 0 atom stereocenters. The smallest absolute Gasteiger partial charge is 0.0829 e. The molecular weight excluding hydrogens is 188 g/mol. The molecule has 0 bridgehead atoms. The van der Waals surface area contributed by atoms with Crippen LogP contribution in [0, 0.1) is 6.54 Å². The Kier molecular flexibility index (Phi) is 2.69. The fourth-order valence-corrected chi connectivity index (χ4v) is 1.44. The van der Waals surface area contributed by atoms with Crippen LogP contribution >= 0.6 is 0 Å². The van der Waals surface area contributed by atoms with Crippen molar-refractivity contribution in [1.82, 2.24) is 10.4 Å². The number of nitrogen functional groups attached to an aromatic ring is 1. The van der Waals surface area contributed by atoms with Crippen LogP contribution in [0.15, 0.2) is 30.5 Å². The molecule has 0 amide bonds. The Hall–Kier alpha value is -1.81. The van der Waals surface area contributed by atoms with Crippen LogP contribution in [0.3, 0.4) is 0 Å². The number of aromatic nitrogens is 1. The van der Waals surface area contributed by atoms with Crippen LogP contribution in [0.1, 0.15) is 6.92 Å². The van der Waals surface area contributed by atoms with Crippen molar-refractivity contribution in [3.63, 3.8) is 0 Å². The maximum atomic E-state index is 5.85. The molecule has 4 N–H and O–H groups in total. The van der Waals surface area contributed by atoms with Crippen molar-refractivity contribution >= 4 is 22.3 Å². The molecular formula is C11H13N4. The van der Waals surface area contributed by atoms with Crippen molar-refractivity contribution in [2.75, 3.05) is 11.2 Å². The van der Waals surface area contributed by atoms with Gasteiger partial charge in [-0.15, -0.1) is 0 Å². The molecule has 0 saturated heterocycles. The van der Waals surface area contributed by atoms with E-state index in [1.54, 1.807) is 12.7 Å². The van der Waals surface area contributed by atoms with E-state index in [0.29, 0.717) is 5.69 Å². The minimum Gasteiger partial charge on any atom is -0.396 e. The summed E-state index contributed by atoms with van der Waals surface area (Å²) in [6.45, 7) is 3.70. The number of hydrogen-bond donors (Lipinski definition) is 3. The predicted molar refractivity (Wildman–Crippen MR) is 62.9 cm³/mol. The Morgan fingerprint density at radius 1 is 1.33 bits per heavy atom. The maximum Gasteiger partial charge on any atom is 0.0829 e. The van der Waals surface area contributed by atoms with Crippen LogP contribution in [-0.4, -0.2) is 4.98 Å². The SMILES string of the molecule is C[CH]NNc1c(N)cnc2ccccc12. The first-order valence-electron chi connectivity index (χ1n) is 4.75. The van der Waals surface area contributed by atoms with Gasteiger partial charge in [-0.25, -0.2) is 5.43 Å². The molecule has 15 heavy (non-hydrogen) atoms. The van der Waals surface area contributed by atoms with Gasteiger partial charge < -0.3 is 11.2 Å². The summed E-state index contributed by atoms with van der Waals surface area (Å²) in [4.78, 5) is 4.25. The molecule has 0 aliphatic carbocycles. The zero-order chi connectivity index (χ0) is 10.7. The van der Waals surface area contributed by atoms with Gasteiger partial charge >= 0.3 is 0 Å². The van der Waals surface area contributed by atoms with Crippen LogP contribution < -0.4 is 16.6 Å². The van der Waals surface area contributed by atoms with Gasteiger partial charge in [-0.2, -0.15) is 0 Å². The minimum absolute atomic E-state index is 0.628. The molecule has 1 heterocycles. The van der Waals surface area contributed by atoms with E-state index in [1.807, 2.05) is 31.2 Å². The third-order valence-electron chi connectivity index (χ3n) is 2.15. The van der Waals surface area contributed by atoms with Crippen LogP contribution in [0.25, 0.3) is 10.9 Å². The van der Waals surface area contributed by atoms with E-state index in [2.05, 4.69) is 15.8 Å². The Labute approximate surface area is 88.5 Å². The number of rotatable bonds is 3. The summed E-state index contributed by atoms with van der Waals surface area (Å²) in [6, 6.07) is 7.85. The summed E-state index contributed by atoms with van der Waals surface area (Å²) in [7, 11) is 0. The standard InChI is InChI=1S/C11H13N4/c1-2-14-15-11-8-5-3-4-6-10(8)13-7-9(11)12/h2-7,14H,12H2,1H3,(H,13,15). The molecule has 77 valence electrons. The topological polar surface area (TPSA) is 63.0 Å². The summed E-state index contributed by atoms with van der Waals surface area (Å²) < 4.78 is 0. The molecule has 2 aromatic rings. The molecule has 0 aliphatic rings. The Morgan fingerprint density at radius 3 is 2.93 bits per heavy atom. The zero-order valence-corrected chi connectivity index (χ0v) is 8.49. The van der Waals surface area contributed by atoms with E-state index in [1.165, 1.54) is 0 Å². The summed E-state index contributed by atoms with van der Waals surface area (Å²) in [5.74, 6) is 0. The molecule has 4 heteroatoms. The highest BCUT2D eigenvalue weighted by atomic mass is 15.4. The third-order valence-corrected chi connectivity index (χ3v) is 2.15. The van der Waals surface area contributed by atoms with E-state index < -0.39 is 0 Å². The summed E-state index contributed by atoms with van der Waals surface area (Å²) in [6.07, 6.45) is 1.65. The largest absolute Gasteiger partial charge is 0.396 e. The Balaban J connectivity index is 2.53. The van der Waals surface area contributed by atoms with Crippen molar-refractivity contribution in [3.05, 3.63) is 37.0 Å². The lowest BCUT2D eigenvalue weighted by atomic mass is 10.2. The number of benzene rings is 1. The average Bonchev–Trinajstić information content (AvgIpc) is 2.28. The predicted octanol–water partition coefficient (Wildman–Crippen LogP) is 1.92. The van der Waals surface area contributed by atoms with E-state index in [9.17, 15) is 0 Å². The zero-order valence-electron chi connectivity index (χ0n) is 8.49. The molecule has 0 unspecified atom stereocenters. The monoisotopic (exact) mass is 201 g/mol. The van der Waals surface area contributed by atoms with Gasteiger partial charge in [0.05, 0.1) is 23.1 Å². The number of anilines is 2. The van der Waals surface area contributed by atoms with Crippen LogP contribution in [-0.2, 0) is 0 Å². The highest BCUT2D eigenvalue weighted by Gasteiger charge is 2.04. The number of para-hydroxylation sites is 1. The summed E-state index contributed by atoms with van der Waals surface area (Å²) >= 11 is 0. The number of hydrazine groups is 1. The van der Waals surface area contributed by atoms with Crippen molar-refractivity contribution in [3.8, 4) is 0 Å². The van der Waals surface area contributed by atoms with E-state index in [0.717, 1.165) is 16.6 Å². The quantitative estimate of drug-likeness (QED) is 0.664. The second kappa shape index (κ2) is 4.14. The summed E-state index contributed by atoms with van der Waals surface area (Å²) in [5.41, 5.74) is 14.2. The lowest BCUT2D eigenvalue weighted by Crippen LogP contribution is -2.18. The van der Waals surface area contributed by atoms with E-state index >= 15 is 0 Å². The number of nitrogens with two attached hydrogens (primary N) is 1. The molecule has 1 radical (unpaired) electrons. The first kappa shape index (κ1) is 9.73.